The largest absolute Gasteiger partial charge is 0.355 e. The third kappa shape index (κ3) is 6.27. The smallest absolute Gasteiger partial charge is 0.259 e. The highest BCUT2D eigenvalue weighted by Crippen LogP contribution is 2.29. The number of anilines is 2. The summed E-state index contributed by atoms with van der Waals surface area (Å²) in [6, 6.07) is 5.88. The van der Waals surface area contributed by atoms with Crippen molar-refractivity contribution in [1.82, 2.24) is 19.9 Å². The molecule has 0 amide bonds. The number of pyridine rings is 1. The van der Waals surface area contributed by atoms with Crippen LogP contribution in [0.25, 0.3) is 16.5 Å². The summed E-state index contributed by atoms with van der Waals surface area (Å²) in [6.07, 6.45) is 9.81. The molecular weight excluding hydrogens is 536 g/mol. The summed E-state index contributed by atoms with van der Waals surface area (Å²) in [7, 11) is -1.71. The molecule has 1 aliphatic rings. The number of rotatable bonds is 9. The van der Waals surface area contributed by atoms with Gasteiger partial charge in [0, 0.05) is 80.3 Å². The summed E-state index contributed by atoms with van der Waals surface area (Å²) >= 11 is 0. The first-order valence-electron chi connectivity index (χ1n) is 13.5. The van der Waals surface area contributed by atoms with E-state index in [-0.39, 0.29) is 16.9 Å². The Hall–Kier alpha value is -4.18. The van der Waals surface area contributed by atoms with E-state index >= 15 is 0 Å². The van der Waals surface area contributed by atoms with Gasteiger partial charge in [-0.1, -0.05) is 18.7 Å². The van der Waals surface area contributed by atoms with Gasteiger partial charge in [-0.3, -0.25) is 14.3 Å². The van der Waals surface area contributed by atoms with Gasteiger partial charge in [0.2, 0.25) is 0 Å². The van der Waals surface area contributed by atoms with Crippen LogP contribution in [0.3, 0.4) is 0 Å². The number of hydrogen-bond donors (Lipinski definition) is 1. The van der Waals surface area contributed by atoms with Crippen LogP contribution < -0.4 is 20.7 Å². The summed E-state index contributed by atoms with van der Waals surface area (Å²) in [6.45, 7) is 16.6. The van der Waals surface area contributed by atoms with Gasteiger partial charge in [-0.25, -0.2) is 13.4 Å². The highest BCUT2D eigenvalue weighted by Gasteiger charge is 2.23. The third-order valence-corrected chi connectivity index (χ3v) is 8.54. The van der Waals surface area contributed by atoms with Gasteiger partial charge in [0.25, 0.3) is 5.56 Å². The van der Waals surface area contributed by atoms with Crippen molar-refractivity contribution in [2.24, 2.45) is 7.05 Å². The van der Waals surface area contributed by atoms with Crippen molar-refractivity contribution in [3.63, 3.8) is 0 Å². The van der Waals surface area contributed by atoms with Crippen molar-refractivity contribution in [1.29, 1.82) is 0 Å². The Labute approximate surface area is 242 Å². The quantitative estimate of drug-likeness (QED) is 0.299. The molecule has 0 bridgehead atoms. The van der Waals surface area contributed by atoms with E-state index in [9.17, 15) is 13.2 Å². The van der Waals surface area contributed by atoms with Crippen LogP contribution in [0.1, 0.15) is 30.2 Å². The molecule has 0 radical (unpaired) electrons. The molecule has 2 aromatic heterocycles. The number of sulfone groups is 1. The molecule has 9 nitrogen and oxygen atoms in total. The molecule has 1 aromatic carbocycles. The lowest BCUT2D eigenvalue weighted by Crippen LogP contribution is -2.48. The minimum absolute atomic E-state index is 0.102. The monoisotopic (exact) mass is 574 g/mol. The third-order valence-electron chi connectivity index (χ3n) is 7.26. The molecule has 216 valence electrons. The van der Waals surface area contributed by atoms with Crippen molar-refractivity contribution in [2.75, 3.05) is 42.2 Å². The Morgan fingerprint density at radius 3 is 2.32 bits per heavy atom. The zero-order valence-electron chi connectivity index (χ0n) is 24.4. The van der Waals surface area contributed by atoms with Crippen LogP contribution in [0.2, 0.25) is 0 Å². The van der Waals surface area contributed by atoms with Crippen LogP contribution >= 0.6 is 0 Å². The molecule has 1 saturated heterocycles. The highest BCUT2D eigenvalue weighted by molar-refractivity contribution is 7.94. The van der Waals surface area contributed by atoms with Gasteiger partial charge < -0.3 is 15.1 Å². The maximum atomic E-state index is 13.6. The number of allylic oxidation sites excluding steroid dienone is 4. The minimum atomic E-state index is -3.51. The number of benzene rings is 1. The van der Waals surface area contributed by atoms with Gasteiger partial charge >= 0.3 is 0 Å². The summed E-state index contributed by atoms with van der Waals surface area (Å²) < 4.78 is 26.9. The lowest BCUT2D eigenvalue weighted by molar-refractivity contribution is 0.606. The highest BCUT2D eigenvalue weighted by atomic mass is 32.2. The van der Waals surface area contributed by atoms with Crippen molar-refractivity contribution < 1.29 is 8.42 Å². The summed E-state index contributed by atoms with van der Waals surface area (Å²) in [5, 5.41) is 4.57. The normalized spacial score (nSPS) is 14.9. The van der Waals surface area contributed by atoms with Crippen molar-refractivity contribution in [3.8, 4) is 0 Å². The fraction of sp³-hybridized carbons (Fsp3) is 0.323. The predicted octanol–water partition coefficient (Wildman–Crippen LogP) is 4.24. The van der Waals surface area contributed by atoms with Crippen LogP contribution in [0.15, 0.2) is 77.4 Å². The molecule has 41 heavy (non-hydrogen) atoms. The first-order valence-corrected chi connectivity index (χ1v) is 15.4. The van der Waals surface area contributed by atoms with Crippen LogP contribution in [0.5, 0.6) is 0 Å². The Morgan fingerprint density at radius 2 is 1.71 bits per heavy atom. The van der Waals surface area contributed by atoms with E-state index in [1.165, 1.54) is 6.26 Å². The van der Waals surface area contributed by atoms with E-state index in [4.69, 9.17) is 0 Å². The molecule has 0 spiro atoms. The zero-order chi connectivity index (χ0) is 29.9. The summed E-state index contributed by atoms with van der Waals surface area (Å²) in [4.78, 5) is 27.2. The molecule has 0 unspecified atom stereocenters. The molecule has 0 saturated carbocycles. The molecule has 1 aliphatic heterocycles. The lowest BCUT2D eigenvalue weighted by atomic mass is 10.00. The maximum Gasteiger partial charge on any atom is 0.259 e. The van der Waals surface area contributed by atoms with Crippen LogP contribution in [-0.2, 0) is 16.9 Å². The Kier molecular flexibility index (Phi) is 8.82. The number of nitrogens with one attached hydrogen (secondary N) is 1. The second-order valence-corrected chi connectivity index (χ2v) is 12.3. The van der Waals surface area contributed by atoms with Gasteiger partial charge in [0.05, 0.1) is 16.3 Å². The van der Waals surface area contributed by atoms with Gasteiger partial charge in [0.15, 0.2) is 9.84 Å². The second kappa shape index (κ2) is 12.1. The minimum Gasteiger partial charge on any atom is -0.355 e. The van der Waals surface area contributed by atoms with Gasteiger partial charge in [-0.2, -0.15) is 0 Å². The molecule has 10 heteroatoms. The average Bonchev–Trinajstić information content (AvgIpc) is 2.93. The SMILES string of the molecule is C=CC/C(=C(\C=C/C)NC(=C)c1cc(C)cc2c(=O)n(C)c(N3CCN(c4nccnc4C)CC3)cc12)S(C)(=O)=O. The Balaban J connectivity index is 1.75. The number of nitrogens with zero attached hydrogens (tertiary/aromatic N) is 5. The van der Waals surface area contributed by atoms with Crippen molar-refractivity contribution in [3.05, 3.63) is 99.8 Å². The van der Waals surface area contributed by atoms with Crippen molar-refractivity contribution >= 4 is 37.9 Å². The number of piperazine rings is 1. The van der Waals surface area contributed by atoms with E-state index in [1.807, 2.05) is 39.0 Å². The fourth-order valence-corrected chi connectivity index (χ4v) is 6.18. The van der Waals surface area contributed by atoms with Gasteiger partial charge in [-0.05, 0) is 50.6 Å². The predicted molar refractivity (Wildman–Crippen MR) is 169 cm³/mol. The number of aromatic nitrogens is 3. The topological polar surface area (TPSA) is 100 Å². The maximum absolute atomic E-state index is 13.6. The number of hydrogen-bond acceptors (Lipinski definition) is 8. The van der Waals surface area contributed by atoms with Gasteiger partial charge in [-0.15, -0.1) is 6.58 Å². The van der Waals surface area contributed by atoms with E-state index < -0.39 is 9.84 Å². The van der Waals surface area contributed by atoms with E-state index in [1.54, 1.807) is 42.2 Å². The first kappa shape index (κ1) is 29.8. The van der Waals surface area contributed by atoms with E-state index in [2.05, 4.69) is 38.2 Å². The second-order valence-electron chi connectivity index (χ2n) is 10.3. The molecular formula is C31H38N6O3S. The summed E-state index contributed by atoms with van der Waals surface area (Å²) in [5.41, 5.74) is 3.35. The zero-order valence-corrected chi connectivity index (χ0v) is 25.3. The molecule has 1 fully saturated rings. The number of fused-ring (bicyclic) bond motifs is 1. The fourth-order valence-electron chi connectivity index (χ4n) is 5.24. The van der Waals surface area contributed by atoms with Crippen LogP contribution in [0.4, 0.5) is 11.6 Å². The molecule has 3 aromatic rings. The van der Waals surface area contributed by atoms with Crippen LogP contribution in [0, 0.1) is 13.8 Å². The summed E-state index contributed by atoms with van der Waals surface area (Å²) in [5.74, 6) is 1.69. The molecule has 4 rings (SSSR count). The Morgan fingerprint density at radius 1 is 1.05 bits per heavy atom. The van der Waals surface area contributed by atoms with Gasteiger partial charge in [0.1, 0.15) is 11.6 Å². The molecule has 1 N–H and O–H groups in total. The van der Waals surface area contributed by atoms with Crippen molar-refractivity contribution in [2.45, 2.75) is 27.2 Å². The van der Waals surface area contributed by atoms with Crippen LogP contribution in [-0.4, -0.2) is 55.4 Å². The molecule has 0 atom stereocenters. The molecule has 3 heterocycles. The number of aryl methyl sites for hydroxylation is 2. The standard InChI is InChI=1S/C31H38N6O3S/c1-8-10-27(28(11-9-2)41(7,39)40)34-22(4)24-18-21(3)19-26-25(24)20-29(35(6)31(26)38)36-14-16-37(17-15-36)30-23(5)32-12-13-33-30/h8-10,12-13,18-20,34H,2,4,11,14-17H2,1,3,5-7H3/b10-8-,28-27-. The first-order chi connectivity index (χ1) is 19.5. The molecule has 0 aliphatic carbocycles. The van der Waals surface area contributed by atoms with E-state index in [0.29, 0.717) is 29.9 Å². The van der Waals surface area contributed by atoms with E-state index in [0.717, 1.165) is 46.9 Å². The lowest BCUT2D eigenvalue weighted by Gasteiger charge is -2.37. The average molecular weight is 575 g/mol. The Bertz CT molecular complexity index is 1730.